The molecule has 1 aliphatic heterocycles. The van der Waals surface area contributed by atoms with Gasteiger partial charge in [-0.25, -0.2) is 0 Å². The van der Waals surface area contributed by atoms with E-state index in [2.05, 4.69) is 41.1 Å². The molecule has 0 N–H and O–H groups in total. The number of unbranched alkanes of at least 4 members (excludes halogenated alkanes) is 1. The van der Waals surface area contributed by atoms with Gasteiger partial charge in [-0.15, -0.1) is 0 Å². The van der Waals surface area contributed by atoms with Gasteiger partial charge in [-0.1, -0.05) is 62.6 Å². The van der Waals surface area contributed by atoms with Crippen molar-refractivity contribution in [1.82, 2.24) is 4.90 Å². The van der Waals surface area contributed by atoms with Crippen LogP contribution in [0.2, 0.25) is 0 Å². The Balaban J connectivity index is 1.51. The van der Waals surface area contributed by atoms with E-state index in [1.807, 2.05) is 35.2 Å². The van der Waals surface area contributed by atoms with Crippen LogP contribution in [0.4, 0.5) is 0 Å². The van der Waals surface area contributed by atoms with E-state index in [9.17, 15) is 4.79 Å². The molecule has 1 spiro atoms. The van der Waals surface area contributed by atoms with Crippen LogP contribution in [0.1, 0.15) is 63.0 Å². The second kappa shape index (κ2) is 9.34. The number of amides is 1. The molecular formula is C25H29BrN2O2. The Hall–Kier alpha value is -2.14. The van der Waals surface area contributed by atoms with Crippen molar-refractivity contribution in [3.63, 3.8) is 0 Å². The largest absolute Gasteiger partial charge is 0.488 e. The van der Waals surface area contributed by atoms with Crippen molar-refractivity contribution in [2.45, 2.75) is 70.6 Å². The maximum Gasteiger partial charge on any atom is 0.256 e. The van der Waals surface area contributed by atoms with Crippen molar-refractivity contribution >= 4 is 27.7 Å². The SMILES string of the molecule is CCCCC1=NC2(CCCC2)C(=O)N1Cc1ccc(Br)c(OCc2ccccc2)c1. The first kappa shape index (κ1) is 21.1. The molecule has 0 aromatic heterocycles. The molecule has 2 aromatic carbocycles. The van der Waals surface area contributed by atoms with Crippen LogP contribution in [0, 0.1) is 0 Å². The summed E-state index contributed by atoms with van der Waals surface area (Å²) in [6, 6.07) is 16.2. The highest BCUT2D eigenvalue weighted by Gasteiger charge is 2.49. The first-order valence-corrected chi connectivity index (χ1v) is 11.8. The summed E-state index contributed by atoms with van der Waals surface area (Å²) >= 11 is 3.59. The Labute approximate surface area is 187 Å². The van der Waals surface area contributed by atoms with Crippen molar-refractivity contribution in [2.75, 3.05) is 0 Å². The highest BCUT2D eigenvalue weighted by molar-refractivity contribution is 9.10. The summed E-state index contributed by atoms with van der Waals surface area (Å²) in [5.74, 6) is 1.96. The summed E-state index contributed by atoms with van der Waals surface area (Å²) in [4.78, 5) is 20.3. The number of hydrogen-bond donors (Lipinski definition) is 0. The molecule has 0 radical (unpaired) electrons. The summed E-state index contributed by atoms with van der Waals surface area (Å²) in [5.41, 5.74) is 1.71. The van der Waals surface area contributed by atoms with Gasteiger partial charge in [0.2, 0.25) is 0 Å². The van der Waals surface area contributed by atoms with Crippen LogP contribution in [0.3, 0.4) is 0 Å². The minimum absolute atomic E-state index is 0.195. The maximum atomic E-state index is 13.3. The molecule has 1 heterocycles. The number of ether oxygens (including phenoxy) is 1. The highest BCUT2D eigenvalue weighted by Crippen LogP contribution is 2.40. The van der Waals surface area contributed by atoms with Crippen LogP contribution in [-0.4, -0.2) is 22.2 Å². The van der Waals surface area contributed by atoms with E-state index in [1.165, 1.54) is 0 Å². The molecule has 4 rings (SSSR count). The summed E-state index contributed by atoms with van der Waals surface area (Å²) in [7, 11) is 0. The third kappa shape index (κ3) is 4.46. The van der Waals surface area contributed by atoms with Crippen LogP contribution in [-0.2, 0) is 17.9 Å². The Morgan fingerprint density at radius 1 is 1.10 bits per heavy atom. The number of carbonyl (C=O) groups excluding carboxylic acids is 1. The van der Waals surface area contributed by atoms with Crippen LogP contribution >= 0.6 is 15.9 Å². The van der Waals surface area contributed by atoms with E-state index in [0.717, 1.165) is 72.1 Å². The zero-order chi connectivity index (χ0) is 21.0. The average Bonchev–Trinajstić information content (AvgIpc) is 3.34. The van der Waals surface area contributed by atoms with Crippen molar-refractivity contribution in [3.8, 4) is 5.75 Å². The minimum Gasteiger partial charge on any atom is -0.488 e. The molecule has 158 valence electrons. The molecule has 4 nitrogen and oxygen atoms in total. The molecule has 0 atom stereocenters. The smallest absolute Gasteiger partial charge is 0.256 e. The second-order valence-corrected chi connectivity index (χ2v) is 9.15. The van der Waals surface area contributed by atoms with E-state index in [0.29, 0.717) is 13.2 Å². The van der Waals surface area contributed by atoms with Crippen molar-refractivity contribution < 1.29 is 9.53 Å². The summed E-state index contributed by atoms with van der Waals surface area (Å²) < 4.78 is 6.98. The van der Waals surface area contributed by atoms with Crippen LogP contribution in [0.5, 0.6) is 5.75 Å². The minimum atomic E-state index is -0.481. The van der Waals surface area contributed by atoms with E-state index in [4.69, 9.17) is 9.73 Å². The Bertz CT molecular complexity index is 920. The molecule has 0 saturated heterocycles. The number of hydrogen-bond acceptors (Lipinski definition) is 3. The highest BCUT2D eigenvalue weighted by atomic mass is 79.9. The molecule has 5 heteroatoms. The third-order valence-electron chi connectivity index (χ3n) is 6.06. The van der Waals surface area contributed by atoms with Gasteiger partial charge in [0.25, 0.3) is 5.91 Å². The molecule has 2 aromatic rings. The lowest BCUT2D eigenvalue weighted by atomic mass is 9.98. The van der Waals surface area contributed by atoms with Gasteiger partial charge in [0, 0.05) is 6.42 Å². The number of halogens is 1. The molecule has 0 bridgehead atoms. The average molecular weight is 469 g/mol. The van der Waals surface area contributed by atoms with Gasteiger partial charge in [-0.2, -0.15) is 0 Å². The zero-order valence-electron chi connectivity index (χ0n) is 17.6. The lowest BCUT2D eigenvalue weighted by Gasteiger charge is -2.23. The van der Waals surface area contributed by atoms with Gasteiger partial charge >= 0.3 is 0 Å². The van der Waals surface area contributed by atoms with E-state index in [-0.39, 0.29) is 5.91 Å². The standard InChI is InChI=1S/C25H29BrN2O2/c1-2-3-11-23-27-25(14-7-8-15-25)24(29)28(23)17-20-12-13-21(26)22(16-20)30-18-19-9-5-4-6-10-19/h4-6,9-10,12-13,16H,2-3,7-8,11,14-15,17-18H2,1H3. The van der Waals surface area contributed by atoms with Crippen molar-refractivity contribution in [2.24, 2.45) is 4.99 Å². The van der Waals surface area contributed by atoms with Crippen LogP contribution in [0.15, 0.2) is 58.0 Å². The molecule has 0 unspecified atom stereocenters. The van der Waals surface area contributed by atoms with Crippen molar-refractivity contribution in [3.05, 3.63) is 64.1 Å². The van der Waals surface area contributed by atoms with Crippen LogP contribution < -0.4 is 4.74 Å². The molecular weight excluding hydrogens is 440 g/mol. The first-order valence-electron chi connectivity index (χ1n) is 11.0. The molecule has 30 heavy (non-hydrogen) atoms. The van der Waals surface area contributed by atoms with E-state index >= 15 is 0 Å². The number of benzene rings is 2. The molecule has 1 amide bonds. The van der Waals surface area contributed by atoms with Gasteiger partial charge in [0.05, 0.1) is 11.0 Å². The molecule has 1 saturated carbocycles. The monoisotopic (exact) mass is 468 g/mol. The van der Waals surface area contributed by atoms with Gasteiger partial charge in [-0.05, 0) is 58.5 Å². The lowest BCUT2D eigenvalue weighted by molar-refractivity contribution is -0.131. The Morgan fingerprint density at radius 2 is 1.87 bits per heavy atom. The lowest BCUT2D eigenvalue weighted by Crippen LogP contribution is -2.40. The summed E-state index contributed by atoms with van der Waals surface area (Å²) in [6.07, 6.45) is 7.01. The second-order valence-electron chi connectivity index (χ2n) is 8.30. The summed E-state index contributed by atoms with van der Waals surface area (Å²) in [6.45, 7) is 3.24. The first-order chi connectivity index (χ1) is 14.6. The van der Waals surface area contributed by atoms with Gasteiger partial charge in [-0.3, -0.25) is 14.7 Å². The fourth-order valence-electron chi connectivity index (χ4n) is 4.37. The van der Waals surface area contributed by atoms with Crippen LogP contribution in [0.25, 0.3) is 0 Å². The number of amidine groups is 1. The number of rotatable bonds is 8. The molecule has 1 fully saturated rings. The number of nitrogens with zero attached hydrogens (tertiary/aromatic N) is 2. The molecule has 2 aliphatic rings. The Morgan fingerprint density at radius 3 is 2.60 bits per heavy atom. The summed E-state index contributed by atoms with van der Waals surface area (Å²) in [5, 5.41) is 0. The zero-order valence-corrected chi connectivity index (χ0v) is 19.2. The van der Waals surface area contributed by atoms with Gasteiger partial charge in [0.15, 0.2) is 0 Å². The topological polar surface area (TPSA) is 41.9 Å². The predicted octanol–water partition coefficient (Wildman–Crippen LogP) is 6.27. The fraction of sp³-hybridized carbons (Fsp3) is 0.440. The molecule has 1 aliphatic carbocycles. The van der Waals surface area contributed by atoms with Gasteiger partial charge in [0.1, 0.15) is 23.7 Å². The quantitative estimate of drug-likeness (QED) is 0.457. The van der Waals surface area contributed by atoms with E-state index < -0.39 is 5.54 Å². The number of aliphatic imine (C=N–C) groups is 1. The van der Waals surface area contributed by atoms with Crippen molar-refractivity contribution in [1.29, 1.82) is 0 Å². The maximum absolute atomic E-state index is 13.3. The third-order valence-corrected chi connectivity index (χ3v) is 6.71. The van der Waals surface area contributed by atoms with Gasteiger partial charge < -0.3 is 4.74 Å². The number of carbonyl (C=O) groups is 1. The normalized spacial score (nSPS) is 17.6. The van der Waals surface area contributed by atoms with E-state index in [1.54, 1.807) is 0 Å². The fourth-order valence-corrected chi connectivity index (χ4v) is 4.73. The Kier molecular flexibility index (Phi) is 6.57. The predicted molar refractivity (Wildman–Crippen MR) is 124 cm³/mol.